The molecule has 1 atom stereocenters. The molecule has 0 saturated carbocycles. The predicted molar refractivity (Wildman–Crippen MR) is 84.9 cm³/mol. The lowest BCUT2D eigenvalue weighted by Gasteiger charge is -2.09. The number of pyridine rings is 1. The molecular formula is C18H20N2O. The minimum Gasteiger partial charge on any atom is -0.356 e. The van der Waals surface area contributed by atoms with Crippen molar-refractivity contribution in [2.24, 2.45) is 5.92 Å². The molecule has 1 aliphatic rings. The fourth-order valence-electron chi connectivity index (χ4n) is 2.88. The lowest BCUT2D eigenvalue weighted by molar-refractivity contribution is -0.121. The third-order valence-electron chi connectivity index (χ3n) is 3.99. The summed E-state index contributed by atoms with van der Waals surface area (Å²) in [7, 11) is 0. The zero-order chi connectivity index (χ0) is 14.5. The Kier molecular flexibility index (Phi) is 4.29. The van der Waals surface area contributed by atoms with E-state index in [1.165, 1.54) is 5.56 Å². The highest BCUT2D eigenvalue weighted by Crippen LogP contribution is 2.20. The van der Waals surface area contributed by atoms with Gasteiger partial charge in [0, 0.05) is 24.5 Å². The van der Waals surface area contributed by atoms with E-state index in [0.717, 1.165) is 30.2 Å². The molecule has 1 aromatic carbocycles. The number of fused-ring (bicyclic) bond motifs is 1. The van der Waals surface area contributed by atoms with Crippen LogP contribution in [0.5, 0.6) is 0 Å². The van der Waals surface area contributed by atoms with E-state index in [1.54, 1.807) is 0 Å². The number of para-hydroxylation sites is 1. The van der Waals surface area contributed by atoms with Gasteiger partial charge < -0.3 is 5.32 Å². The zero-order valence-electron chi connectivity index (χ0n) is 12.1. The van der Waals surface area contributed by atoms with E-state index in [9.17, 15) is 4.79 Å². The highest BCUT2D eigenvalue weighted by atomic mass is 16.1. The van der Waals surface area contributed by atoms with Gasteiger partial charge in [0.2, 0.25) is 5.91 Å². The van der Waals surface area contributed by atoms with E-state index < -0.39 is 0 Å². The van der Waals surface area contributed by atoms with Gasteiger partial charge in [-0.25, -0.2) is 0 Å². The first-order chi connectivity index (χ1) is 10.3. The Balaban J connectivity index is 1.54. The minimum absolute atomic E-state index is 0.153. The number of allylic oxidation sites excluding steroid dienone is 2. The molecule has 0 saturated heterocycles. The van der Waals surface area contributed by atoms with Crippen molar-refractivity contribution < 1.29 is 4.79 Å². The van der Waals surface area contributed by atoms with Crippen molar-refractivity contribution in [3.05, 3.63) is 54.2 Å². The van der Waals surface area contributed by atoms with Crippen LogP contribution in [0.15, 0.2) is 48.7 Å². The molecule has 1 aliphatic carbocycles. The second kappa shape index (κ2) is 6.53. The fourth-order valence-corrected chi connectivity index (χ4v) is 2.88. The molecule has 1 aromatic heterocycles. The van der Waals surface area contributed by atoms with E-state index >= 15 is 0 Å². The second-order valence-corrected chi connectivity index (χ2v) is 5.56. The highest BCUT2D eigenvalue weighted by molar-refractivity contribution is 5.81. The minimum atomic E-state index is 0.153. The van der Waals surface area contributed by atoms with E-state index in [1.807, 2.05) is 18.3 Å². The summed E-state index contributed by atoms with van der Waals surface area (Å²) in [6.45, 7) is 0.672. The summed E-state index contributed by atoms with van der Waals surface area (Å²) in [6, 6.07) is 10.2. The molecule has 108 valence electrons. The summed E-state index contributed by atoms with van der Waals surface area (Å²) in [5.41, 5.74) is 2.22. The zero-order valence-corrected chi connectivity index (χ0v) is 12.1. The maximum Gasteiger partial charge on any atom is 0.220 e. The van der Waals surface area contributed by atoms with Crippen molar-refractivity contribution in [3.63, 3.8) is 0 Å². The molecule has 3 nitrogen and oxygen atoms in total. The largest absolute Gasteiger partial charge is 0.356 e. The van der Waals surface area contributed by atoms with Crippen molar-refractivity contribution in [3.8, 4) is 0 Å². The van der Waals surface area contributed by atoms with E-state index in [2.05, 4.69) is 40.7 Å². The number of carbonyl (C=O) groups excluding carboxylic acids is 1. The lowest BCUT2D eigenvalue weighted by atomic mass is 10.0. The van der Waals surface area contributed by atoms with Gasteiger partial charge in [-0.15, -0.1) is 0 Å². The SMILES string of the molecule is O=C(CC1C=CCC1)NCCc1cccc2cccnc12. The van der Waals surface area contributed by atoms with Crippen LogP contribution < -0.4 is 5.32 Å². The third kappa shape index (κ3) is 3.48. The Labute approximate surface area is 125 Å². The molecule has 1 unspecified atom stereocenters. The molecule has 1 heterocycles. The number of nitrogens with one attached hydrogen (secondary N) is 1. The van der Waals surface area contributed by atoms with Crippen LogP contribution >= 0.6 is 0 Å². The van der Waals surface area contributed by atoms with E-state index in [0.29, 0.717) is 18.9 Å². The molecular weight excluding hydrogens is 260 g/mol. The number of amides is 1. The van der Waals surface area contributed by atoms with Gasteiger partial charge in [0.05, 0.1) is 5.52 Å². The normalized spacial score (nSPS) is 17.2. The molecule has 1 N–H and O–H groups in total. The van der Waals surface area contributed by atoms with Crippen LogP contribution in [0.2, 0.25) is 0 Å². The molecule has 0 radical (unpaired) electrons. The first-order valence-corrected chi connectivity index (χ1v) is 7.59. The van der Waals surface area contributed by atoms with Gasteiger partial charge in [-0.2, -0.15) is 0 Å². The number of benzene rings is 1. The monoisotopic (exact) mass is 280 g/mol. The summed E-state index contributed by atoms with van der Waals surface area (Å²) in [5, 5.41) is 4.17. The summed E-state index contributed by atoms with van der Waals surface area (Å²) in [5.74, 6) is 0.587. The van der Waals surface area contributed by atoms with Crippen molar-refractivity contribution in [2.75, 3.05) is 6.54 Å². The van der Waals surface area contributed by atoms with Crippen LogP contribution in [0.4, 0.5) is 0 Å². The number of carbonyl (C=O) groups is 1. The molecule has 0 bridgehead atoms. The predicted octanol–water partition coefficient (Wildman–Crippen LogP) is 3.25. The second-order valence-electron chi connectivity index (χ2n) is 5.56. The van der Waals surface area contributed by atoms with E-state index in [-0.39, 0.29) is 5.91 Å². The van der Waals surface area contributed by atoms with Crippen LogP contribution in [0.1, 0.15) is 24.8 Å². The molecule has 0 spiro atoms. The number of hydrogen-bond acceptors (Lipinski definition) is 2. The molecule has 0 aliphatic heterocycles. The smallest absolute Gasteiger partial charge is 0.220 e. The van der Waals surface area contributed by atoms with Crippen molar-refractivity contribution in [1.29, 1.82) is 0 Å². The average Bonchev–Trinajstić information content (AvgIpc) is 3.00. The van der Waals surface area contributed by atoms with Gasteiger partial charge in [-0.3, -0.25) is 9.78 Å². The lowest BCUT2D eigenvalue weighted by Crippen LogP contribution is -2.27. The topological polar surface area (TPSA) is 42.0 Å². The highest BCUT2D eigenvalue weighted by Gasteiger charge is 2.13. The van der Waals surface area contributed by atoms with Crippen LogP contribution in [0.3, 0.4) is 0 Å². The number of aromatic nitrogens is 1. The van der Waals surface area contributed by atoms with Crippen LogP contribution in [-0.2, 0) is 11.2 Å². The number of rotatable bonds is 5. The van der Waals surface area contributed by atoms with Gasteiger partial charge >= 0.3 is 0 Å². The summed E-state index contributed by atoms with van der Waals surface area (Å²) >= 11 is 0. The quantitative estimate of drug-likeness (QED) is 0.854. The molecule has 0 fully saturated rings. The average molecular weight is 280 g/mol. The van der Waals surface area contributed by atoms with Crippen LogP contribution in [-0.4, -0.2) is 17.4 Å². The van der Waals surface area contributed by atoms with Gasteiger partial charge in [0.25, 0.3) is 0 Å². The molecule has 3 rings (SSSR count). The van der Waals surface area contributed by atoms with E-state index in [4.69, 9.17) is 0 Å². The van der Waals surface area contributed by atoms with Crippen LogP contribution in [0, 0.1) is 5.92 Å². The van der Waals surface area contributed by atoms with Gasteiger partial charge in [0.1, 0.15) is 0 Å². The maximum absolute atomic E-state index is 11.9. The Morgan fingerprint density at radius 3 is 3.05 bits per heavy atom. The van der Waals surface area contributed by atoms with Gasteiger partial charge in [0.15, 0.2) is 0 Å². The molecule has 21 heavy (non-hydrogen) atoms. The van der Waals surface area contributed by atoms with Crippen molar-refractivity contribution >= 4 is 16.8 Å². The number of nitrogens with zero attached hydrogens (tertiary/aromatic N) is 1. The van der Waals surface area contributed by atoms with Gasteiger partial charge in [-0.05, 0) is 36.8 Å². The first kappa shape index (κ1) is 13.8. The molecule has 3 heteroatoms. The fraction of sp³-hybridized carbons (Fsp3) is 0.333. The number of hydrogen-bond donors (Lipinski definition) is 1. The molecule has 1 amide bonds. The Bertz CT molecular complexity index is 658. The van der Waals surface area contributed by atoms with Crippen LogP contribution in [0.25, 0.3) is 10.9 Å². The van der Waals surface area contributed by atoms with Crippen molar-refractivity contribution in [1.82, 2.24) is 10.3 Å². The Morgan fingerprint density at radius 1 is 1.29 bits per heavy atom. The third-order valence-corrected chi connectivity index (χ3v) is 3.99. The van der Waals surface area contributed by atoms with Crippen molar-refractivity contribution in [2.45, 2.75) is 25.7 Å². The summed E-state index contributed by atoms with van der Waals surface area (Å²) < 4.78 is 0. The summed E-state index contributed by atoms with van der Waals surface area (Å²) in [6.07, 6.45) is 9.80. The standard InChI is InChI=1S/C18H20N2O/c21-17(13-14-5-1-2-6-14)19-12-10-16-8-3-7-15-9-4-11-20-18(15)16/h1,3-5,7-9,11,14H,2,6,10,12-13H2,(H,19,21). The Hall–Kier alpha value is -2.16. The first-order valence-electron chi connectivity index (χ1n) is 7.59. The Morgan fingerprint density at radius 2 is 2.19 bits per heavy atom. The summed E-state index contributed by atoms with van der Waals surface area (Å²) in [4.78, 5) is 16.3. The molecule has 2 aromatic rings. The van der Waals surface area contributed by atoms with Gasteiger partial charge in [-0.1, -0.05) is 36.4 Å². The maximum atomic E-state index is 11.9.